The zero-order chi connectivity index (χ0) is 19.8. The number of halogens is 2. The smallest absolute Gasteiger partial charge is 0.191 e. The number of rotatable bonds is 7. The van der Waals surface area contributed by atoms with Crippen molar-refractivity contribution in [3.8, 4) is 17.2 Å². The highest BCUT2D eigenvalue weighted by molar-refractivity contribution is 14.0. The molecule has 0 bridgehead atoms. The number of nitrogens with zero attached hydrogens (tertiary/aromatic N) is 1. The second-order valence-corrected chi connectivity index (χ2v) is 5.88. The summed E-state index contributed by atoms with van der Waals surface area (Å²) in [6.45, 7) is 2.66. The van der Waals surface area contributed by atoms with Crippen LogP contribution >= 0.6 is 24.0 Å². The first-order valence-corrected chi connectivity index (χ1v) is 8.50. The number of methoxy groups -OCH3 is 3. The molecule has 0 aliphatic carbocycles. The van der Waals surface area contributed by atoms with Crippen molar-refractivity contribution in [3.63, 3.8) is 0 Å². The summed E-state index contributed by atoms with van der Waals surface area (Å²) in [6, 6.07) is 8.80. The quantitative estimate of drug-likeness (QED) is 0.343. The average molecular weight is 503 g/mol. The first-order chi connectivity index (χ1) is 13.0. The van der Waals surface area contributed by atoms with Gasteiger partial charge in [-0.2, -0.15) is 0 Å². The van der Waals surface area contributed by atoms with E-state index < -0.39 is 0 Å². The maximum Gasteiger partial charge on any atom is 0.191 e. The summed E-state index contributed by atoms with van der Waals surface area (Å²) < 4.78 is 29.7. The summed E-state index contributed by atoms with van der Waals surface area (Å²) in [7, 11) is 6.44. The molecule has 2 N–H and O–H groups in total. The largest absolute Gasteiger partial charge is 0.496 e. The lowest BCUT2D eigenvalue weighted by Crippen LogP contribution is -2.36. The molecule has 28 heavy (non-hydrogen) atoms. The summed E-state index contributed by atoms with van der Waals surface area (Å²) in [4.78, 5) is 4.19. The third-order valence-electron chi connectivity index (χ3n) is 4.15. The minimum atomic E-state index is -0.215. The van der Waals surface area contributed by atoms with Gasteiger partial charge in [-0.25, -0.2) is 4.39 Å². The maximum atomic E-state index is 13.7. The molecule has 0 aliphatic heterocycles. The lowest BCUT2D eigenvalue weighted by atomic mass is 10.1. The molecular formula is C20H27FIN3O3. The van der Waals surface area contributed by atoms with Gasteiger partial charge in [-0.3, -0.25) is 4.99 Å². The summed E-state index contributed by atoms with van der Waals surface area (Å²) in [5.74, 6) is 2.27. The minimum absolute atomic E-state index is 0. The highest BCUT2D eigenvalue weighted by Gasteiger charge is 2.12. The number of nitrogens with one attached hydrogen (secondary N) is 2. The van der Waals surface area contributed by atoms with E-state index in [4.69, 9.17) is 14.2 Å². The highest BCUT2D eigenvalue weighted by atomic mass is 127. The molecule has 0 fully saturated rings. The zero-order valence-corrected chi connectivity index (χ0v) is 19.1. The van der Waals surface area contributed by atoms with E-state index >= 15 is 0 Å². The molecule has 0 saturated carbocycles. The Hall–Kier alpha value is -2.23. The first-order valence-electron chi connectivity index (χ1n) is 8.50. The summed E-state index contributed by atoms with van der Waals surface area (Å²) in [5.41, 5.74) is 2.35. The van der Waals surface area contributed by atoms with Crippen molar-refractivity contribution in [2.24, 2.45) is 4.99 Å². The molecule has 0 atom stereocenters. The normalized spacial score (nSPS) is 10.7. The van der Waals surface area contributed by atoms with Gasteiger partial charge in [0.1, 0.15) is 11.6 Å². The van der Waals surface area contributed by atoms with E-state index in [1.807, 2.05) is 12.1 Å². The van der Waals surface area contributed by atoms with E-state index in [1.54, 1.807) is 47.4 Å². The van der Waals surface area contributed by atoms with Crippen LogP contribution in [0, 0.1) is 12.7 Å². The molecule has 0 radical (unpaired) electrons. The van der Waals surface area contributed by atoms with E-state index in [2.05, 4.69) is 15.6 Å². The van der Waals surface area contributed by atoms with Crippen molar-refractivity contribution in [2.45, 2.75) is 20.0 Å². The Bertz CT molecular complexity index is 816. The molecule has 0 saturated heterocycles. The fraction of sp³-hybridized carbons (Fsp3) is 0.350. The Morgan fingerprint density at radius 1 is 0.929 bits per heavy atom. The van der Waals surface area contributed by atoms with E-state index in [9.17, 15) is 4.39 Å². The Kier molecular flexibility index (Phi) is 9.84. The summed E-state index contributed by atoms with van der Waals surface area (Å²) in [5, 5.41) is 6.38. The zero-order valence-electron chi connectivity index (χ0n) is 16.8. The van der Waals surface area contributed by atoms with Gasteiger partial charge in [0.2, 0.25) is 0 Å². The monoisotopic (exact) mass is 503 g/mol. The van der Waals surface area contributed by atoms with E-state index in [-0.39, 0.29) is 29.8 Å². The Morgan fingerprint density at radius 2 is 1.54 bits per heavy atom. The van der Waals surface area contributed by atoms with Gasteiger partial charge in [-0.05, 0) is 30.2 Å². The van der Waals surface area contributed by atoms with Crippen LogP contribution in [0.2, 0.25) is 0 Å². The van der Waals surface area contributed by atoms with E-state index in [1.165, 1.54) is 6.07 Å². The molecular weight excluding hydrogens is 476 g/mol. The number of hydrogen-bond donors (Lipinski definition) is 2. The standard InChI is InChI=1S/C20H26FN3O3.HI/c1-13-6-7-14(8-16(13)21)11-23-20(22-2)24-12-15-9-18(26-4)19(27-5)10-17(15)25-3;/h6-10H,11-12H2,1-5H3,(H2,22,23,24);1H. The van der Waals surface area contributed by atoms with Crippen LogP contribution in [0.4, 0.5) is 4.39 Å². The second kappa shape index (κ2) is 11.6. The molecule has 0 heterocycles. The fourth-order valence-corrected chi connectivity index (χ4v) is 2.56. The molecule has 154 valence electrons. The van der Waals surface area contributed by atoms with Crippen LogP contribution in [-0.2, 0) is 13.1 Å². The van der Waals surface area contributed by atoms with Gasteiger partial charge in [0.15, 0.2) is 17.5 Å². The predicted octanol–water partition coefficient (Wildman–Crippen LogP) is 3.64. The first kappa shape index (κ1) is 23.8. The van der Waals surface area contributed by atoms with Crippen LogP contribution in [0.25, 0.3) is 0 Å². The molecule has 6 nitrogen and oxygen atoms in total. The van der Waals surface area contributed by atoms with Gasteiger partial charge in [0.25, 0.3) is 0 Å². The van der Waals surface area contributed by atoms with Gasteiger partial charge < -0.3 is 24.8 Å². The van der Waals surface area contributed by atoms with Gasteiger partial charge in [-0.1, -0.05) is 12.1 Å². The minimum Gasteiger partial charge on any atom is -0.496 e. The second-order valence-electron chi connectivity index (χ2n) is 5.88. The lowest BCUT2D eigenvalue weighted by Gasteiger charge is -2.16. The molecule has 8 heteroatoms. The van der Waals surface area contributed by atoms with Crippen molar-refractivity contribution in [1.29, 1.82) is 0 Å². The van der Waals surface area contributed by atoms with Gasteiger partial charge in [0.05, 0.1) is 21.3 Å². The van der Waals surface area contributed by atoms with Crippen molar-refractivity contribution in [1.82, 2.24) is 10.6 Å². The van der Waals surface area contributed by atoms with Crippen LogP contribution in [-0.4, -0.2) is 34.3 Å². The van der Waals surface area contributed by atoms with Crippen molar-refractivity contribution >= 4 is 29.9 Å². The molecule has 0 aliphatic rings. The predicted molar refractivity (Wildman–Crippen MR) is 120 cm³/mol. The molecule has 2 aromatic rings. The van der Waals surface area contributed by atoms with Gasteiger partial charge >= 0.3 is 0 Å². The van der Waals surface area contributed by atoms with E-state index in [0.29, 0.717) is 41.9 Å². The van der Waals surface area contributed by atoms with Crippen molar-refractivity contribution in [2.75, 3.05) is 28.4 Å². The van der Waals surface area contributed by atoms with Gasteiger partial charge in [-0.15, -0.1) is 24.0 Å². The number of guanidine groups is 1. The number of aryl methyl sites for hydroxylation is 1. The number of ether oxygens (including phenoxy) is 3. The summed E-state index contributed by atoms with van der Waals surface area (Å²) >= 11 is 0. The Morgan fingerprint density at radius 3 is 2.11 bits per heavy atom. The molecule has 0 spiro atoms. The Labute approximate surface area is 182 Å². The van der Waals surface area contributed by atoms with E-state index in [0.717, 1.165) is 11.1 Å². The molecule has 0 amide bonds. The van der Waals surface area contributed by atoms with Gasteiger partial charge in [0, 0.05) is 31.8 Å². The van der Waals surface area contributed by atoms with Crippen LogP contribution in [0.1, 0.15) is 16.7 Å². The average Bonchev–Trinajstić information content (AvgIpc) is 2.69. The highest BCUT2D eigenvalue weighted by Crippen LogP contribution is 2.34. The van der Waals surface area contributed by atoms with Crippen molar-refractivity contribution < 1.29 is 18.6 Å². The maximum absolute atomic E-state index is 13.7. The SMILES string of the molecule is CN=C(NCc1ccc(C)c(F)c1)NCc1cc(OC)c(OC)cc1OC.I. The van der Waals surface area contributed by atoms with Crippen LogP contribution in [0.15, 0.2) is 35.3 Å². The summed E-state index contributed by atoms with van der Waals surface area (Å²) in [6.07, 6.45) is 0. The molecule has 0 unspecified atom stereocenters. The van der Waals surface area contributed by atoms with Crippen LogP contribution in [0.3, 0.4) is 0 Å². The molecule has 2 rings (SSSR count). The van der Waals surface area contributed by atoms with Crippen LogP contribution < -0.4 is 24.8 Å². The van der Waals surface area contributed by atoms with Crippen molar-refractivity contribution in [3.05, 3.63) is 52.8 Å². The number of benzene rings is 2. The third-order valence-corrected chi connectivity index (χ3v) is 4.15. The van der Waals surface area contributed by atoms with Crippen LogP contribution in [0.5, 0.6) is 17.2 Å². The topological polar surface area (TPSA) is 64.1 Å². The lowest BCUT2D eigenvalue weighted by molar-refractivity contribution is 0.347. The molecule has 2 aromatic carbocycles. The Balaban J connectivity index is 0.00000392. The number of aliphatic imine (C=N–C) groups is 1. The fourth-order valence-electron chi connectivity index (χ4n) is 2.56. The number of hydrogen-bond acceptors (Lipinski definition) is 4. The molecule has 0 aromatic heterocycles. The third kappa shape index (κ3) is 6.15.